The Morgan fingerprint density at radius 2 is 2.07 bits per heavy atom. The highest BCUT2D eigenvalue weighted by molar-refractivity contribution is 5.71. The van der Waals surface area contributed by atoms with E-state index in [1.54, 1.807) is 22.0 Å². The van der Waals surface area contributed by atoms with Crippen LogP contribution in [0.1, 0.15) is 27.7 Å². The lowest BCUT2D eigenvalue weighted by atomic mass is 10.2. The van der Waals surface area contributed by atoms with Crippen LogP contribution in [-0.4, -0.2) is 62.0 Å². The predicted molar refractivity (Wildman–Crippen MR) is 105 cm³/mol. The Morgan fingerprint density at radius 1 is 1.32 bits per heavy atom. The number of carbonyl (C=O) groups excluding carboxylic acids is 1. The summed E-state index contributed by atoms with van der Waals surface area (Å²) in [5, 5.41) is 4.15. The third-order valence-electron chi connectivity index (χ3n) is 4.39. The van der Waals surface area contributed by atoms with Crippen LogP contribution in [0.25, 0.3) is 16.2 Å². The van der Waals surface area contributed by atoms with Crippen LogP contribution >= 0.6 is 0 Å². The van der Waals surface area contributed by atoms with Crippen LogP contribution in [0, 0.1) is 6.57 Å². The number of ether oxygens (including phenoxy) is 1. The molecule has 28 heavy (non-hydrogen) atoms. The van der Waals surface area contributed by atoms with Crippen LogP contribution in [0.4, 0.5) is 16.3 Å². The van der Waals surface area contributed by atoms with E-state index in [1.165, 1.54) is 0 Å². The van der Waals surface area contributed by atoms with E-state index in [1.807, 2.05) is 45.8 Å². The van der Waals surface area contributed by atoms with Crippen molar-refractivity contribution in [1.82, 2.24) is 24.6 Å². The Hall–Kier alpha value is -3.15. The molecule has 0 spiro atoms. The molecular formula is C19H25N7O2. The molecular weight excluding hydrogens is 358 g/mol. The van der Waals surface area contributed by atoms with Crippen molar-refractivity contribution in [3.8, 4) is 11.4 Å². The number of rotatable bonds is 2. The van der Waals surface area contributed by atoms with E-state index in [4.69, 9.17) is 11.3 Å². The molecule has 3 heterocycles. The fraction of sp³-hybridized carbons (Fsp3) is 0.526. The standard InChI is InChI=1S/C19H25N7O2/c1-13-11-25(7-8-26(13)18(27)28-19(2,3)4)17-15(20-5)10-21-16(23-17)14-9-22-24(6)12-14/h9-10,12-13H,7-8,11H2,1-4,6H3/t13-/m1/s1. The van der Waals surface area contributed by atoms with Crippen molar-refractivity contribution < 1.29 is 9.53 Å². The average Bonchev–Trinajstić information content (AvgIpc) is 3.06. The van der Waals surface area contributed by atoms with Gasteiger partial charge in [-0.15, -0.1) is 0 Å². The molecule has 2 aromatic heterocycles. The number of carbonyl (C=O) groups is 1. The molecule has 148 valence electrons. The highest BCUT2D eigenvalue weighted by Crippen LogP contribution is 2.30. The van der Waals surface area contributed by atoms with E-state index in [0.29, 0.717) is 37.0 Å². The number of hydrogen-bond acceptors (Lipinski definition) is 6. The maximum atomic E-state index is 12.4. The summed E-state index contributed by atoms with van der Waals surface area (Å²) in [5.74, 6) is 1.11. The van der Waals surface area contributed by atoms with Gasteiger partial charge in [-0.2, -0.15) is 5.10 Å². The lowest BCUT2D eigenvalue weighted by molar-refractivity contribution is 0.0158. The first-order chi connectivity index (χ1) is 13.2. The molecule has 1 atom stereocenters. The third kappa shape index (κ3) is 4.22. The summed E-state index contributed by atoms with van der Waals surface area (Å²) in [6, 6.07) is -0.0704. The monoisotopic (exact) mass is 383 g/mol. The Balaban J connectivity index is 1.81. The van der Waals surface area contributed by atoms with Crippen molar-refractivity contribution >= 4 is 17.6 Å². The molecule has 1 aliphatic rings. The average molecular weight is 383 g/mol. The Morgan fingerprint density at radius 3 is 2.64 bits per heavy atom. The van der Waals surface area contributed by atoms with Gasteiger partial charge in [-0.3, -0.25) is 4.68 Å². The van der Waals surface area contributed by atoms with Crippen molar-refractivity contribution in [1.29, 1.82) is 0 Å². The van der Waals surface area contributed by atoms with Crippen molar-refractivity contribution in [3.63, 3.8) is 0 Å². The van der Waals surface area contributed by atoms with Gasteiger partial charge >= 0.3 is 6.09 Å². The number of amides is 1. The first-order valence-corrected chi connectivity index (χ1v) is 9.16. The molecule has 0 aliphatic carbocycles. The van der Waals surface area contributed by atoms with E-state index in [2.05, 4.69) is 19.9 Å². The van der Waals surface area contributed by atoms with Gasteiger partial charge in [0.15, 0.2) is 5.82 Å². The van der Waals surface area contributed by atoms with Crippen molar-refractivity contribution in [3.05, 3.63) is 30.0 Å². The van der Waals surface area contributed by atoms with Crippen LogP contribution in [-0.2, 0) is 11.8 Å². The predicted octanol–water partition coefficient (Wildman–Crippen LogP) is 2.87. The minimum Gasteiger partial charge on any atom is -0.444 e. The van der Waals surface area contributed by atoms with E-state index in [0.717, 1.165) is 5.56 Å². The number of aryl methyl sites for hydroxylation is 1. The molecule has 0 N–H and O–H groups in total. The van der Waals surface area contributed by atoms with Gasteiger partial charge in [0.25, 0.3) is 0 Å². The zero-order valence-corrected chi connectivity index (χ0v) is 16.9. The molecule has 1 fully saturated rings. The molecule has 2 aromatic rings. The molecule has 1 aliphatic heterocycles. The van der Waals surface area contributed by atoms with Gasteiger partial charge in [0.05, 0.1) is 18.3 Å². The molecule has 0 unspecified atom stereocenters. The summed E-state index contributed by atoms with van der Waals surface area (Å²) in [6.07, 6.45) is 4.76. The lowest BCUT2D eigenvalue weighted by Crippen LogP contribution is -2.55. The maximum absolute atomic E-state index is 12.4. The zero-order valence-electron chi connectivity index (χ0n) is 16.9. The molecule has 9 heteroatoms. The van der Waals surface area contributed by atoms with Gasteiger partial charge in [0.1, 0.15) is 11.4 Å². The Kier molecular flexibility index (Phi) is 5.23. The van der Waals surface area contributed by atoms with Gasteiger partial charge in [-0.25, -0.2) is 19.6 Å². The van der Waals surface area contributed by atoms with Crippen LogP contribution in [0.15, 0.2) is 18.6 Å². The van der Waals surface area contributed by atoms with Crippen LogP contribution in [0.3, 0.4) is 0 Å². The summed E-state index contributed by atoms with van der Waals surface area (Å²) >= 11 is 0. The highest BCUT2D eigenvalue weighted by Gasteiger charge is 2.32. The first-order valence-electron chi connectivity index (χ1n) is 9.16. The van der Waals surface area contributed by atoms with E-state index < -0.39 is 5.60 Å². The first kappa shape index (κ1) is 19.6. The second kappa shape index (κ2) is 7.46. The topological polar surface area (TPSA) is 80.7 Å². The SMILES string of the molecule is [C-]#[N+]c1cnc(-c2cnn(C)c2)nc1N1CCN(C(=O)OC(C)(C)C)[C@H](C)C1. The zero-order chi connectivity index (χ0) is 20.5. The third-order valence-corrected chi connectivity index (χ3v) is 4.39. The Labute approximate surface area is 164 Å². The van der Waals surface area contributed by atoms with Crippen LogP contribution < -0.4 is 4.90 Å². The van der Waals surface area contributed by atoms with Crippen molar-refractivity contribution in [2.45, 2.75) is 39.3 Å². The quantitative estimate of drug-likeness (QED) is 0.742. The molecule has 9 nitrogen and oxygen atoms in total. The largest absolute Gasteiger partial charge is 0.444 e. The number of anilines is 1. The highest BCUT2D eigenvalue weighted by atomic mass is 16.6. The van der Waals surface area contributed by atoms with Gasteiger partial charge < -0.3 is 14.5 Å². The number of piperazine rings is 1. The molecule has 0 bridgehead atoms. The summed E-state index contributed by atoms with van der Waals surface area (Å²) in [4.78, 5) is 28.7. The number of nitrogens with zero attached hydrogens (tertiary/aromatic N) is 7. The summed E-state index contributed by atoms with van der Waals surface area (Å²) in [7, 11) is 1.83. The van der Waals surface area contributed by atoms with Gasteiger partial charge in [0.2, 0.25) is 5.69 Å². The molecule has 1 amide bonds. The van der Waals surface area contributed by atoms with Gasteiger partial charge in [-0.1, -0.05) is 0 Å². The fourth-order valence-corrected chi connectivity index (χ4v) is 3.10. The maximum Gasteiger partial charge on any atom is 0.410 e. The van der Waals surface area contributed by atoms with Crippen LogP contribution in [0.5, 0.6) is 0 Å². The van der Waals surface area contributed by atoms with Crippen LogP contribution in [0.2, 0.25) is 0 Å². The summed E-state index contributed by atoms with van der Waals surface area (Å²) < 4.78 is 7.18. The van der Waals surface area contributed by atoms with Crippen molar-refractivity contribution in [2.75, 3.05) is 24.5 Å². The van der Waals surface area contributed by atoms with Gasteiger partial charge in [-0.05, 0) is 27.7 Å². The van der Waals surface area contributed by atoms with Crippen molar-refractivity contribution in [2.24, 2.45) is 7.05 Å². The molecule has 0 radical (unpaired) electrons. The minimum absolute atomic E-state index is 0.0704. The summed E-state index contributed by atoms with van der Waals surface area (Å²) in [6.45, 7) is 16.6. The second-order valence-corrected chi connectivity index (χ2v) is 7.89. The van der Waals surface area contributed by atoms with E-state index in [9.17, 15) is 4.79 Å². The lowest BCUT2D eigenvalue weighted by Gasteiger charge is -2.41. The Bertz CT molecular complexity index is 910. The van der Waals surface area contributed by atoms with E-state index in [-0.39, 0.29) is 12.1 Å². The fourth-order valence-electron chi connectivity index (χ4n) is 3.10. The number of aromatic nitrogens is 4. The molecule has 3 rings (SSSR count). The van der Waals surface area contributed by atoms with Gasteiger partial charge in [0, 0.05) is 45.1 Å². The normalized spacial score (nSPS) is 17.4. The smallest absolute Gasteiger partial charge is 0.410 e. The molecule has 0 saturated carbocycles. The number of hydrogen-bond donors (Lipinski definition) is 0. The van der Waals surface area contributed by atoms with E-state index >= 15 is 0 Å². The summed E-state index contributed by atoms with van der Waals surface area (Å²) in [5.41, 5.74) is 0.655. The molecule has 0 aromatic carbocycles. The second-order valence-electron chi connectivity index (χ2n) is 7.89. The molecule has 1 saturated heterocycles. The minimum atomic E-state index is -0.531.